The quantitative estimate of drug-likeness (QED) is 0.298. The Hall–Kier alpha value is -3.03. The van der Waals surface area contributed by atoms with Crippen LogP contribution in [0.3, 0.4) is 0 Å². The first-order valence-corrected chi connectivity index (χ1v) is 11.9. The van der Waals surface area contributed by atoms with Crippen molar-refractivity contribution in [2.24, 2.45) is 5.92 Å². The second-order valence-electron chi connectivity index (χ2n) is 7.85. The summed E-state index contributed by atoms with van der Waals surface area (Å²) in [4.78, 5) is 14.4. The molecule has 0 bridgehead atoms. The minimum absolute atomic E-state index is 0.204. The van der Waals surface area contributed by atoms with E-state index in [1.807, 2.05) is 43.3 Å². The maximum Gasteiger partial charge on any atom is 0.225 e. The maximum absolute atomic E-state index is 9.53. The Morgan fingerprint density at radius 2 is 1.75 bits per heavy atom. The summed E-state index contributed by atoms with van der Waals surface area (Å²) in [6.07, 6.45) is 1.83. The molecule has 0 saturated carbocycles. The predicted octanol–water partition coefficient (Wildman–Crippen LogP) is 5.49. The number of fused-ring (bicyclic) bond motifs is 1. The molecule has 6 nitrogen and oxygen atoms in total. The van der Waals surface area contributed by atoms with Crippen LogP contribution in [0.4, 0.5) is 11.8 Å². The maximum atomic E-state index is 9.53. The number of nitrogens with one attached hydrogen (secondary N) is 2. The van der Waals surface area contributed by atoms with E-state index in [1.54, 1.807) is 11.3 Å². The first kappa shape index (κ1) is 22.2. The minimum Gasteiger partial charge on any atom is -0.396 e. The number of rotatable bonds is 10. The van der Waals surface area contributed by atoms with Gasteiger partial charge in [-0.3, -0.25) is 0 Å². The third-order valence-electron chi connectivity index (χ3n) is 5.57. The Balaban J connectivity index is 1.63. The lowest BCUT2D eigenvalue weighted by molar-refractivity contribution is 0.217. The molecule has 0 saturated heterocycles. The average molecular weight is 448 g/mol. The number of aliphatic hydroxyl groups is 1. The van der Waals surface area contributed by atoms with Gasteiger partial charge in [-0.15, -0.1) is 11.3 Å². The molecule has 4 aromatic rings. The molecule has 1 unspecified atom stereocenters. The van der Waals surface area contributed by atoms with E-state index in [-0.39, 0.29) is 12.5 Å². The third kappa shape index (κ3) is 5.23. The number of aryl methyl sites for hydroxylation is 1. The van der Waals surface area contributed by atoms with Crippen LogP contribution in [0.1, 0.15) is 31.0 Å². The zero-order valence-corrected chi connectivity index (χ0v) is 19.3. The molecule has 1 atom stereocenters. The Morgan fingerprint density at radius 1 is 0.969 bits per heavy atom. The molecule has 0 aliphatic heterocycles. The molecule has 7 heteroatoms. The van der Waals surface area contributed by atoms with Gasteiger partial charge in [-0.25, -0.2) is 9.97 Å². The first-order chi connectivity index (χ1) is 15.7. The van der Waals surface area contributed by atoms with E-state index in [9.17, 15) is 5.11 Å². The predicted molar refractivity (Wildman–Crippen MR) is 133 cm³/mol. The fourth-order valence-corrected chi connectivity index (χ4v) is 4.67. The van der Waals surface area contributed by atoms with Crippen LogP contribution in [-0.4, -0.2) is 33.2 Å². The van der Waals surface area contributed by atoms with E-state index in [2.05, 4.69) is 35.8 Å². The summed E-state index contributed by atoms with van der Waals surface area (Å²) in [6.45, 7) is 5.70. The van der Waals surface area contributed by atoms with Crippen molar-refractivity contribution in [2.75, 3.05) is 23.8 Å². The largest absolute Gasteiger partial charge is 0.396 e. The van der Waals surface area contributed by atoms with E-state index < -0.39 is 0 Å². The summed E-state index contributed by atoms with van der Waals surface area (Å²) in [5, 5.41) is 17.3. The van der Waals surface area contributed by atoms with Crippen LogP contribution < -0.4 is 10.6 Å². The third-order valence-corrected chi connectivity index (χ3v) is 6.63. The number of aromatic nitrogens is 3. The lowest BCUT2D eigenvalue weighted by Gasteiger charge is -2.16. The zero-order chi connectivity index (χ0) is 22.3. The highest BCUT2D eigenvalue weighted by atomic mass is 32.1. The molecule has 4 rings (SSSR count). The summed E-state index contributed by atoms with van der Waals surface area (Å²) in [5.74, 6) is 1.65. The van der Waals surface area contributed by atoms with Crippen molar-refractivity contribution in [3.05, 3.63) is 65.9 Å². The number of para-hydroxylation sites is 1. The van der Waals surface area contributed by atoms with Crippen molar-refractivity contribution in [3.63, 3.8) is 0 Å². The van der Waals surface area contributed by atoms with Crippen LogP contribution in [0.25, 0.3) is 20.8 Å². The molecule has 0 fully saturated rings. The van der Waals surface area contributed by atoms with Crippen LogP contribution in [-0.2, 0) is 6.54 Å². The number of anilines is 2. The summed E-state index contributed by atoms with van der Waals surface area (Å²) < 4.78 is 1.14. The van der Waals surface area contributed by atoms with Crippen molar-refractivity contribution in [3.8, 4) is 10.6 Å². The van der Waals surface area contributed by atoms with E-state index in [4.69, 9.17) is 15.0 Å². The monoisotopic (exact) mass is 447 g/mol. The molecule has 0 aliphatic carbocycles. The zero-order valence-electron chi connectivity index (χ0n) is 18.5. The Kier molecular flexibility index (Phi) is 7.29. The highest BCUT2D eigenvalue weighted by Crippen LogP contribution is 2.36. The molecule has 3 N–H and O–H groups in total. The molecule has 2 heterocycles. The van der Waals surface area contributed by atoms with Crippen LogP contribution >= 0.6 is 11.3 Å². The number of aliphatic hydroxyl groups excluding tert-OH is 1. The molecular formula is C25H29N5OS. The van der Waals surface area contributed by atoms with Gasteiger partial charge in [0.2, 0.25) is 5.95 Å². The second kappa shape index (κ2) is 10.5. The van der Waals surface area contributed by atoms with Gasteiger partial charge in [0.1, 0.15) is 10.8 Å². The average Bonchev–Trinajstić information content (AvgIpc) is 3.24. The highest BCUT2D eigenvalue weighted by Gasteiger charge is 2.18. The SMILES string of the molecule is CCC(CO)CCNc1nc(NCc2ccccc2)nc(C)c1-c1nc2ccccc2s1. The fourth-order valence-electron chi connectivity index (χ4n) is 3.61. The lowest BCUT2D eigenvalue weighted by atomic mass is 10.0. The fraction of sp³-hybridized carbons (Fsp3) is 0.320. The number of thiazole rings is 1. The molecule has 166 valence electrons. The molecule has 0 amide bonds. The molecule has 32 heavy (non-hydrogen) atoms. The lowest BCUT2D eigenvalue weighted by Crippen LogP contribution is -2.14. The Morgan fingerprint density at radius 3 is 2.50 bits per heavy atom. The molecule has 2 aromatic carbocycles. The van der Waals surface area contributed by atoms with Crippen molar-refractivity contribution in [1.29, 1.82) is 0 Å². The van der Waals surface area contributed by atoms with Crippen molar-refractivity contribution in [2.45, 2.75) is 33.2 Å². The van der Waals surface area contributed by atoms with Crippen molar-refractivity contribution >= 4 is 33.3 Å². The van der Waals surface area contributed by atoms with E-state index in [0.717, 1.165) is 51.7 Å². The first-order valence-electron chi connectivity index (χ1n) is 11.0. The molecule has 0 radical (unpaired) electrons. The highest BCUT2D eigenvalue weighted by molar-refractivity contribution is 7.21. The van der Waals surface area contributed by atoms with Gasteiger partial charge >= 0.3 is 0 Å². The normalized spacial score (nSPS) is 12.1. The van der Waals surface area contributed by atoms with E-state index in [0.29, 0.717) is 12.5 Å². The van der Waals surface area contributed by atoms with E-state index >= 15 is 0 Å². The van der Waals surface area contributed by atoms with Gasteiger partial charge in [-0.2, -0.15) is 4.98 Å². The topological polar surface area (TPSA) is 83.0 Å². The van der Waals surface area contributed by atoms with Gasteiger partial charge in [0.25, 0.3) is 0 Å². The summed E-state index contributed by atoms with van der Waals surface area (Å²) in [5.41, 5.74) is 3.97. The van der Waals surface area contributed by atoms with Crippen LogP contribution in [0.15, 0.2) is 54.6 Å². The number of hydrogen-bond acceptors (Lipinski definition) is 7. The van der Waals surface area contributed by atoms with Crippen LogP contribution in [0, 0.1) is 12.8 Å². The van der Waals surface area contributed by atoms with Gasteiger partial charge in [0, 0.05) is 19.7 Å². The van der Waals surface area contributed by atoms with Gasteiger partial charge in [-0.1, -0.05) is 55.8 Å². The summed E-state index contributed by atoms with van der Waals surface area (Å²) in [7, 11) is 0. The van der Waals surface area contributed by atoms with Gasteiger partial charge in [0.15, 0.2) is 0 Å². The Labute approximate surface area is 192 Å². The summed E-state index contributed by atoms with van der Waals surface area (Å²) >= 11 is 1.65. The van der Waals surface area contributed by atoms with Gasteiger partial charge in [0.05, 0.1) is 21.5 Å². The van der Waals surface area contributed by atoms with Gasteiger partial charge < -0.3 is 15.7 Å². The van der Waals surface area contributed by atoms with Gasteiger partial charge in [-0.05, 0) is 37.0 Å². The van der Waals surface area contributed by atoms with Crippen molar-refractivity contribution in [1.82, 2.24) is 15.0 Å². The molecule has 2 aromatic heterocycles. The van der Waals surface area contributed by atoms with Crippen LogP contribution in [0.2, 0.25) is 0 Å². The molecular weight excluding hydrogens is 418 g/mol. The summed E-state index contributed by atoms with van der Waals surface area (Å²) in [6, 6.07) is 18.4. The van der Waals surface area contributed by atoms with E-state index in [1.165, 1.54) is 5.56 Å². The molecule has 0 spiro atoms. The number of benzene rings is 2. The number of nitrogens with zero attached hydrogens (tertiary/aromatic N) is 3. The van der Waals surface area contributed by atoms with Crippen molar-refractivity contribution < 1.29 is 5.11 Å². The number of hydrogen-bond donors (Lipinski definition) is 3. The Bertz CT molecular complexity index is 1120. The van der Waals surface area contributed by atoms with Crippen LogP contribution in [0.5, 0.6) is 0 Å². The smallest absolute Gasteiger partial charge is 0.225 e. The standard InChI is InChI=1S/C25H29N5OS/c1-3-18(16-31)13-14-26-23-22(24-29-20-11-7-8-12-21(20)32-24)17(2)28-25(30-23)27-15-19-9-5-4-6-10-19/h4-12,18,31H,3,13-16H2,1-2H3,(H2,26,27,28,30). The minimum atomic E-state index is 0.204. The second-order valence-corrected chi connectivity index (χ2v) is 8.89. The molecule has 0 aliphatic rings.